The zero-order valence-corrected chi connectivity index (χ0v) is 86.5. The van der Waals surface area contributed by atoms with Crippen molar-refractivity contribution in [2.45, 2.75) is 164 Å². The summed E-state index contributed by atoms with van der Waals surface area (Å²) in [5, 5.41) is 39.8. The number of benzene rings is 25. The molecule has 25 aromatic carbocycles. The van der Waals surface area contributed by atoms with Crippen LogP contribution >= 0.6 is 0 Å². The first-order valence-corrected chi connectivity index (χ1v) is 51.2. The molecule has 0 saturated heterocycles. The summed E-state index contributed by atoms with van der Waals surface area (Å²) in [6.07, 6.45) is 0. The number of aryl methyl sites for hydroxylation is 1. The smallest absolute Gasteiger partial charge is 0.00205 e. The van der Waals surface area contributed by atoms with Crippen LogP contribution in [0.2, 0.25) is 0 Å². The van der Waals surface area contributed by atoms with Gasteiger partial charge in [0.1, 0.15) is 0 Å². The monoisotopic (exact) mass is 1850 g/mol. The first kappa shape index (κ1) is 93.9. The lowest BCUT2D eigenvalue weighted by Crippen LogP contribution is -2.11. The quantitative estimate of drug-likeness (QED) is 0.151. The van der Waals surface area contributed by atoms with Gasteiger partial charge in [-0.25, -0.2) is 0 Å². The lowest BCUT2D eigenvalue weighted by molar-refractivity contribution is 0.589. The van der Waals surface area contributed by atoms with E-state index in [4.69, 9.17) is 0 Å². The van der Waals surface area contributed by atoms with Crippen molar-refractivity contribution >= 4 is 162 Å². The first-order chi connectivity index (χ1) is 68.6. The Morgan fingerprint density at radius 3 is 0.825 bits per heavy atom. The molecule has 0 amide bonds. The van der Waals surface area contributed by atoms with Crippen molar-refractivity contribution in [1.29, 1.82) is 0 Å². The van der Waals surface area contributed by atoms with E-state index in [-0.39, 0.29) is 32.5 Å². The zero-order chi connectivity index (χ0) is 99.3. The summed E-state index contributed by atoms with van der Waals surface area (Å²) in [6.45, 7) is 43.2. The number of fused-ring (bicyclic) bond motifs is 20. The van der Waals surface area contributed by atoms with Crippen molar-refractivity contribution in [2.75, 3.05) is 0 Å². The molecule has 0 N–H and O–H groups in total. The first-order valence-electron chi connectivity index (χ1n) is 51.2. The topological polar surface area (TPSA) is 0 Å². The van der Waals surface area contributed by atoms with Gasteiger partial charge in [0.05, 0.1) is 0 Å². The minimum Gasteiger partial charge on any atom is -0.0616 e. The van der Waals surface area contributed by atoms with Crippen LogP contribution in [-0.4, -0.2) is 0 Å². The molecule has 0 unspecified atom stereocenters. The molecule has 0 aliphatic carbocycles. The number of rotatable bonds is 5. The molecule has 25 rings (SSSR count). The Hall–Kier alpha value is -15.3. The molecule has 0 nitrogen and oxygen atoms in total. The number of hydrogen-bond acceptors (Lipinski definition) is 0. The highest BCUT2D eigenvalue weighted by Gasteiger charge is 2.26. The van der Waals surface area contributed by atoms with Gasteiger partial charge in [-0.15, -0.1) is 0 Å². The molecule has 0 heteroatoms. The van der Waals surface area contributed by atoms with E-state index in [0.717, 1.165) is 0 Å². The van der Waals surface area contributed by atoms with Gasteiger partial charge in [0.25, 0.3) is 0 Å². The molecule has 143 heavy (non-hydrogen) atoms. The summed E-state index contributed by atoms with van der Waals surface area (Å²) in [4.78, 5) is 0. The summed E-state index contributed by atoms with van der Waals surface area (Å²) in [5.74, 6) is 0. The molecule has 700 valence electrons. The van der Waals surface area contributed by atoms with E-state index in [2.05, 4.69) is 562 Å². The predicted octanol–water partition coefficient (Wildman–Crippen LogP) is 41.6. The van der Waals surface area contributed by atoms with Crippen molar-refractivity contribution < 1.29 is 0 Å². The molecule has 0 aliphatic heterocycles. The van der Waals surface area contributed by atoms with Crippen LogP contribution in [0, 0.1) is 6.92 Å². The standard InChI is InChI=1S/C30H30.C29H26.3C28H24/c1-29(2,3)22-13-7-19(8-14-22)23-15-9-20-11-17-25-26(30(4,5)6)18-12-21-10-16-24(23)27(20)28(21)25;1-19-17-21(29(2,3)4)14-16-22(19)27-18-28-23-10-6-5-9-20(23)13-15-26(28)24-11-7-8-12-25(24)27;1-28(2,3)22-15-12-20(13-16-22)26-18-21-9-5-7-11-24(21)27-23-10-6-4-8-19(23)14-17-25(26)27;1-28(2,3)21-11-8-10-20(17-21)26-18-27-22-12-5-4-9-19(22)15-16-25(27)23-13-6-7-14-24(23)26;1-28(2,3)21-15-12-20(13-16-21)26-18-27-22-9-5-4-8-19(22)14-17-25(27)23-10-6-7-11-24(23)26/h7-18H,1-6H3;5-18H,1-4H3;3*4-18H,1-3H3. The van der Waals surface area contributed by atoms with Crippen LogP contribution in [0.25, 0.3) is 217 Å². The fourth-order valence-corrected chi connectivity index (χ4v) is 22.1. The molecule has 25 aromatic rings. The Labute approximate surface area is 844 Å². The maximum absolute atomic E-state index is 2.40. The molecule has 0 aromatic heterocycles. The van der Waals surface area contributed by atoms with E-state index in [1.54, 1.807) is 0 Å². The molecular formula is C143H128. The highest BCUT2D eigenvalue weighted by atomic mass is 14.3. The number of hydrogen-bond donors (Lipinski definition) is 0. The molecule has 0 aliphatic rings. The van der Waals surface area contributed by atoms with Gasteiger partial charge in [0.15, 0.2) is 0 Å². The van der Waals surface area contributed by atoms with Gasteiger partial charge in [-0.2, -0.15) is 0 Å². The fourth-order valence-electron chi connectivity index (χ4n) is 22.1. The largest absolute Gasteiger partial charge is 0.0616 e. The lowest BCUT2D eigenvalue weighted by atomic mass is 9.80. The van der Waals surface area contributed by atoms with Gasteiger partial charge in [0, 0.05) is 0 Å². The van der Waals surface area contributed by atoms with Crippen LogP contribution in [0.15, 0.2) is 431 Å². The van der Waals surface area contributed by atoms with Crippen molar-refractivity contribution in [2.24, 2.45) is 0 Å². The summed E-state index contributed by atoms with van der Waals surface area (Å²) in [6, 6.07) is 159. The molecule has 0 spiro atoms. The molecule has 0 fully saturated rings. The van der Waals surface area contributed by atoms with E-state index < -0.39 is 0 Å². The van der Waals surface area contributed by atoms with Crippen LogP contribution in [0.5, 0.6) is 0 Å². The van der Waals surface area contributed by atoms with Gasteiger partial charge in [-0.3, -0.25) is 0 Å². The molecule has 0 radical (unpaired) electrons. The average Bonchev–Trinajstić information content (AvgIpc) is 0.717. The van der Waals surface area contributed by atoms with Crippen molar-refractivity contribution in [3.63, 3.8) is 0 Å². The minimum atomic E-state index is 0.119. The Bertz CT molecular complexity index is 9140. The third-order valence-corrected chi connectivity index (χ3v) is 30.1. The summed E-state index contributed by atoms with van der Waals surface area (Å²) < 4.78 is 0. The Morgan fingerprint density at radius 2 is 0.406 bits per heavy atom. The Morgan fingerprint density at radius 1 is 0.126 bits per heavy atom. The van der Waals surface area contributed by atoms with Crippen molar-refractivity contribution in [1.82, 2.24) is 0 Å². The predicted molar refractivity (Wildman–Crippen MR) is 630 cm³/mol. The Balaban J connectivity index is 0.000000106. The van der Waals surface area contributed by atoms with Gasteiger partial charge in [-0.1, -0.05) is 531 Å². The second kappa shape index (κ2) is 36.9. The molecule has 0 saturated carbocycles. The van der Waals surface area contributed by atoms with E-state index in [1.807, 2.05) is 0 Å². The maximum atomic E-state index is 2.40. The maximum Gasteiger partial charge on any atom is -0.00205 e. The third kappa shape index (κ3) is 18.1. The zero-order valence-electron chi connectivity index (χ0n) is 86.5. The second-order valence-electron chi connectivity index (χ2n) is 45.9. The second-order valence-corrected chi connectivity index (χ2v) is 45.9. The minimum absolute atomic E-state index is 0.119. The van der Waals surface area contributed by atoms with Crippen molar-refractivity contribution in [3.05, 3.63) is 470 Å². The van der Waals surface area contributed by atoms with Gasteiger partial charge in [-0.05, 0) is 320 Å². The SMILES string of the molecule is CC(C)(C)c1ccc(-c2cc3c4ccccc4ccc3c3ccccc23)cc1.CC(C)(C)c1ccc(-c2cc3ccccc3c3c2ccc2ccccc23)cc1.CC(C)(C)c1ccc(-c2ccc3ccc4c(C(C)(C)C)ccc5ccc2c3c54)cc1.CC(C)(C)c1cccc(-c2cc3c4ccccc4ccc3c3ccccc23)c1.Cc1cc(C(C)(C)C)ccc1-c1cc2c3ccccc3ccc2c2ccccc12. The van der Waals surface area contributed by atoms with Gasteiger partial charge >= 0.3 is 0 Å². The summed E-state index contributed by atoms with van der Waals surface area (Å²) >= 11 is 0. The van der Waals surface area contributed by atoms with Crippen LogP contribution < -0.4 is 0 Å². The van der Waals surface area contributed by atoms with Gasteiger partial charge < -0.3 is 0 Å². The molecular weight excluding hydrogens is 1720 g/mol. The van der Waals surface area contributed by atoms with E-state index in [9.17, 15) is 0 Å². The summed E-state index contributed by atoms with van der Waals surface area (Å²) in [7, 11) is 0. The third-order valence-electron chi connectivity index (χ3n) is 30.1. The normalized spacial score (nSPS) is 12.3. The molecule has 0 atom stereocenters. The Kier molecular flexibility index (Phi) is 24.3. The highest BCUT2D eigenvalue weighted by molar-refractivity contribution is 6.29. The van der Waals surface area contributed by atoms with Crippen LogP contribution in [0.4, 0.5) is 0 Å². The molecule has 0 heterocycles. The van der Waals surface area contributed by atoms with E-state index in [0.29, 0.717) is 0 Å². The van der Waals surface area contributed by atoms with Crippen molar-refractivity contribution in [3.8, 4) is 55.6 Å². The lowest BCUT2D eigenvalue weighted by Gasteiger charge is -2.23. The fraction of sp³-hybridized carbons (Fsp3) is 0.175. The summed E-state index contributed by atoms with van der Waals surface area (Å²) in [5.41, 5.74) is 23.5. The van der Waals surface area contributed by atoms with Gasteiger partial charge in [0.2, 0.25) is 0 Å². The molecule has 0 bridgehead atoms. The van der Waals surface area contributed by atoms with E-state index >= 15 is 0 Å². The average molecular weight is 1850 g/mol. The van der Waals surface area contributed by atoms with Crippen LogP contribution in [-0.2, 0) is 32.5 Å². The van der Waals surface area contributed by atoms with Crippen LogP contribution in [0.3, 0.4) is 0 Å². The highest BCUT2D eigenvalue weighted by Crippen LogP contribution is 2.49. The van der Waals surface area contributed by atoms with Crippen LogP contribution in [0.1, 0.15) is 164 Å². The van der Waals surface area contributed by atoms with E-state index in [1.165, 1.54) is 256 Å².